The number of hydrogen-bond donors (Lipinski definition) is 1. The highest BCUT2D eigenvalue weighted by Crippen LogP contribution is 2.35. The van der Waals surface area contributed by atoms with Gasteiger partial charge in [-0.05, 0) is 36.5 Å². The lowest BCUT2D eigenvalue weighted by Crippen LogP contribution is -1.95. The van der Waals surface area contributed by atoms with Crippen LogP contribution in [0, 0.1) is 4.77 Å². The molecule has 0 spiro atoms. The first-order chi connectivity index (χ1) is 9.88. The third kappa shape index (κ3) is 2.67. The highest BCUT2D eigenvalue weighted by molar-refractivity contribution is 7.71. The van der Waals surface area contributed by atoms with E-state index in [0.717, 1.165) is 11.0 Å². The Morgan fingerprint density at radius 3 is 2.05 bits per heavy atom. The lowest BCUT2D eigenvalue weighted by atomic mass is 10.2. The number of nitrogens with one attached hydrogen (secondary N) is 1. The van der Waals surface area contributed by atoms with Gasteiger partial charge in [0.15, 0.2) is 4.77 Å². The van der Waals surface area contributed by atoms with E-state index in [2.05, 4.69) is 4.98 Å². The van der Waals surface area contributed by atoms with E-state index in [0.29, 0.717) is 35.6 Å². The monoisotopic (exact) mass is 396 g/mol. The Morgan fingerprint density at radius 1 is 0.762 bits per heavy atom. The van der Waals surface area contributed by atoms with Crippen molar-refractivity contribution in [2.75, 3.05) is 0 Å². The molecule has 0 bridgehead atoms. The summed E-state index contributed by atoms with van der Waals surface area (Å²) in [6, 6.07) is 6.64. The van der Waals surface area contributed by atoms with Crippen LogP contribution in [0.3, 0.4) is 0 Å². The second-order valence-electron chi connectivity index (χ2n) is 4.27. The Hall–Kier alpha value is -0.420. The van der Waals surface area contributed by atoms with Crippen molar-refractivity contribution < 1.29 is 0 Å². The van der Waals surface area contributed by atoms with E-state index in [9.17, 15) is 0 Å². The quantitative estimate of drug-likeness (QED) is 0.347. The molecule has 1 aromatic heterocycles. The van der Waals surface area contributed by atoms with Gasteiger partial charge in [0.25, 0.3) is 0 Å². The summed E-state index contributed by atoms with van der Waals surface area (Å²) >= 11 is 35.7. The third-order valence-electron chi connectivity index (χ3n) is 2.95. The summed E-state index contributed by atoms with van der Waals surface area (Å²) < 4.78 is 2.18. The van der Waals surface area contributed by atoms with Gasteiger partial charge in [-0.3, -0.25) is 4.57 Å². The minimum absolute atomic E-state index is 0.373. The van der Waals surface area contributed by atoms with Crippen LogP contribution in [0.5, 0.6) is 0 Å². The van der Waals surface area contributed by atoms with E-state index in [1.165, 1.54) is 0 Å². The largest absolute Gasteiger partial charge is 0.330 e. The molecule has 108 valence electrons. The van der Waals surface area contributed by atoms with Gasteiger partial charge in [0.1, 0.15) is 0 Å². The van der Waals surface area contributed by atoms with Gasteiger partial charge >= 0.3 is 0 Å². The van der Waals surface area contributed by atoms with Crippen molar-refractivity contribution in [1.29, 1.82) is 0 Å². The molecule has 21 heavy (non-hydrogen) atoms. The van der Waals surface area contributed by atoms with Crippen LogP contribution in [0.15, 0.2) is 24.3 Å². The van der Waals surface area contributed by atoms with Crippen LogP contribution in [0.2, 0.25) is 25.1 Å². The SMILES string of the molecule is S=c1[nH]c2cc(Cl)c(Cl)cc2n1-c1cc(Cl)c(Cl)cc1Cl. The van der Waals surface area contributed by atoms with Crippen molar-refractivity contribution >= 4 is 81.3 Å². The predicted octanol–water partition coefficient (Wildman–Crippen LogP) is 6.96. The smallest absolute Gasteiger partial charge is 0.182 e. The molecule has 0 fully saturated rings. The molecule has 2 nitrogen and oxygen atoms in total. The van der Waals surface area contributed by atoms with E-state index < -0.39 is 0 Å². The van der Waals surface area contributed by atoms with Crippen molar-refractivity contribution in [3.8, 4) is 5.69 Å². The van der Waals surface area contributed by atoms with E-state index >= 15 is 0 Å². The molecule has 3 rings (SSSR count). The average Bonchev–Trinajstić information content (AvgIpc) is 2.70. The van der Waals surface area contributed by atoms with Crippen LogP contribution < -0.4 is 0 Å². The number of fused-ring (bicyclic) bond motifs is 1. The molecule has 8 heteroatoms. The fourth-order valence-corrected chi connectivity index (χ4v) is 3.28. The number of imidazole rings is 1. The number of nitrogens with zero attached hydrogens (tertiary/aromatic N) is 1. The predicted molar refractivity (Wildman–Crippen MR) is 93.5 cm³/mol. The molecule has 0 atom stereocenters. The van der Waals surface area contributed by atoms with Gasteiger partial charge in [0, 0.05) is 0 Å². The zero-order valence-corrected chi connectivity index (χ0v) is 14.7. The number of benzene rings is 2. The molecule has 0 unspecified atom stereocenters. The van der Waals surface area contributed by atoms with Gasteiger partial charge in [-0.2, -0.15) is 0 Å². The van der Waals surface area contributed by atoms with Crippen LogP contribution in [0.4, 0.5) is 0 Å². The van der Waals surface area contributed by atoms with Crippen LogP contribution in [-0.4, -0.2) is 9.55 Å². The van der Waals surface area contributed by atoms with Gasteiger partial charge < -0.3 is 4.98 Å². The number of H-pyrrole nitrogens is 1. The second kappa shape index (κ2) is 5.65. The zero-order valence-electron chi connectivity index (χ0n) is 10.1. The van der Waals surface area contributed by atoms with E-state index in [4.69, 9.17) is 70.2 Å². The van der Waals surface area contributed by atoms with Gasteiger partial charge in [-0.15, -0.1) is 0 Å². The fraction of sp³-hybridized carbons (Fsp3) is 0. The van der Waals surface area contributed by atoms with Crippen LogP contribution in [0.1, 0.15) is 0 Å². The summed E-state index contributed by atoms with van der Waals surface area (Å²) in [5.41, 5.74) is 2.10. The number of hydrogen-bond acceptors (Lipinski definition) is 1. The Bertz CT molecular complexity index is 928. The molecule has 1 heterocycles. The molecule has 0 amide bonds. The summed E-state index contributed by atoms with van der Waals surface area (Å²) in [4.78, 5) is 3.05. The molecule has 0 saturated carbocycles. The maximum absolute atomic E-state index is 6.25. The minimum atomic E-state index is 0.373. The molecule has 3 aromatic rings. The molecular weight excluding hydrogens is 393 g/mol. The number of aromatic amines is 1. The van der Waals surface area contributed by atoms with Crippen molar-refractivity contribution in [3.63, 3.8) is 0 Å². The Kier molecular flexibility index (Phi) is 4.17. The van der Waals surface area contributed by atoms with Crippen molar-refractivity contribution in [3.05, 3.63) is 54.1 Å². The molecule has 0 aliphatic heterocycles. The van der Waals surface area contributed by atoms with E-state index in [1.807, 2.05) is 0 Å². The average molecular weight is 399 g/mol. The molecule has 2 aromatic carbocycles. The molecule has 0 aliphatic rings. The zero-order chi connectivity index (χ0) is 15.3. The standard InChI is InChI=1S/C13H5Cl5N2S/c14-5-1-9(18)11(3-7(5)16)20-12-4-8(17)6(15)2-10(12)19-13(20)21/h1-4H,(H,19,21). The third-order valence-corrected chi connectivity index (χ3v) is 4.99. The first kappa shape index (κ1) is 15.5. The number of aromatic nitrogens is 2. The van der Waals surface area contributed by atoms with E-state index in [1.54, 1.807) is 28.8 Å². The summed E-state index contributed by atoms with van der Waals surface area (Å²) in [5.74, 6) is 0. The minimum Gasteiger partial charge on any atom is -0.330 e. The highest BCUT2D eigenvalue weighted by Gasteiger charge is 2.14. The molecule has 0 aliphatic carbocycles. The summed E-state index contributed by atoms with van der Waals surface area (Å²) in [7, 11) is 0. The Labute approximate surface area is 150 Å². The van der Waals surface area contributed by atoms with Crippen molar-refractivity contribution in [1.82, 2.24) is 9.55 Å². The molecule has 1 N–H and O–H groups in total. The van der Waals surface area contributed by atoms with E-state index in [-0.39, 0.29) is 0 Å². The van der Waals surface area contributed by atoms with Crippen LogP contribution in [0.25, 0.3) is 16.7 Å². The summed E-state index contributed by atoms with van der Waals surface area (Å²) in [6.07, 6.45) is 0. The summed E-state index contributed by atoms with van der Waals surface area (Å²) in [6.45, 7) is 0. The lowest BCUT2D eigenvalue weighted by molar-refractivity contribution is 1.07. The molecule has 0 saturated heterocycles. The van der Waals surface area contributed by atoms with Gasteiger partial charge in [0.05, 0.1) is 41.8 Å². The first-order valence-corrected chi connectivity index (χ1v) is 7.93. The fourth-order valence-electron chi connectivity index (χ4n) is 2.02. The van der Waals surface area contributed by atoms with Crippen LogP contribution >= 0.6 is 70.2 Å². The van der Waals surface area contributed by atoms with Gasteiger partial charge in [0.2, 0.25) is 0 Å². The van der Waals surface area contributed by atoms with Gasteiger partial charge in [-0.25, -0.2) is 0 Å². The molecular formula is C13H5Cl5N2S. The van der Waals surface area contributed by atoms with Crippen LogP contribution in [-0.2, 0) is 0 Å². The van der Waals surface area contributed by atoms with Crippen molar-refractivity contribution in [2.45, 2.75) is 0 Å². The maximum atomic E-state index is 6.25. The highest BCUT2D eigenvalue weighted by atomic mass is 35.5. The maximum Gasteiger partial charge on any atom is 0.182 e. The summed E-state index contributed by atoms with van der Waals surface area (Å²) in [5, 5.41) is 2.04. The van der Waals surface area contributed by atoms with Crippen molar-refractivity contribution in [2.24, 2.45) is 0 Å². The second-order valence-corrected chi connectivity index (χ2v) is 6.69. The molecule has 0 radical (unpaired) electrons. The Balaban J connectivity index is 2.40. The topological polar surface area (TPSA) is 20.7 Å². The first-order valence-electron chi connectivity index (χ1n) is 5.63. The number of halogens is 5. The lowest BCUT2D eigenvalue weighted by Gasteiger charge is -2.09. The normalized spacial score (nSPS) is 11.3. The van der Waals surface area contributed by atoms with Gasteiger partial charge in [-0.1, -0.05) is 58.0 Å². The number of rotatable bonds is 1. The Morgan fingerprint density at radius 2 is 1.33 bits per heavy atom.